The van der Waals surface area contributed by atoms with Crippen LogP contribution in [0.1, 0.15) is 11.1 Å². The molecule has 0 aliphatic rings. The Morgan fingerprint density at radius 2 is 1.94 bits per heavy atom. The number of aryl methyl sites for hydroxylation is 1. The molecule has 0 radical (unpaired) electrons. The van der Waals surface area contributed by atoms with Gasteiger partial charge in [-0.3, -0.25) is 0 Å². The zero-order chi connectivity index (χ0) is 13.1. The highest BCUT2D eigenvalue weighted by molar-refractivity contribution is 9.10. The molecular weight excluding hydrogens is 308 g/mol. The van der Waals surface area contributed by atoms with Gasteiger partial charge in [-0.25, -0.2) is 0 Å². The molecule has 0 saturated carbocycles. The van der Waals surface area contributed by atoms with Crippen LogP contribution in [-0.4, -0.2) is 4.99 Å². The molecule has 2 aromatic rings. The van der Waals surface area contributed by atoms with Crippen molar-refractivity contribution in [3.05, 3.63) is 58.1 Å². The van der Waals surface area contributed by atoms with Crippen LogP contribution < -0.4 is 11.1 Å². The Balaban J connectivity index is 2.37. The number of nitrogens with one attached hydrogen (secondary N) is 1. The zero-order valence-corrected chi connectivity index (χ0v) is 12.3. The summed E-state index contributed by atoms with van der Waals surface area (Å²) in [5, 5.41) is 3.34. The first-order valence-corrected chi connectivity index (χ1v) is 6.69. The van der Waals surface area contributed by atoms with Crippen molar-refractivity contribution < 1.29 is 0 Å². The molecule has 18 heavy (non-hydrogen) atoms. The zero-order valence-electron chi connectivity index (χ0n) is 9.91. The number of anilines is 2. The fourth-order valence-electron chi connectivity index (χ4n) is 1.77. The fraction of sp³-hybridized carbons (Fsp3) is 0.0714. The molecule has 0 unspecified atom stereocenters. The minimum Gasteiger partial charge on any atom is -0.389 e. The van der Waals surface area contributed by atoms with E-state index in [9.17, 15) is 0 Å². The van der Waals surface area contributed by atoms with Gasteiger partial charge in [0.05, 0.1) is 0 Å². The molecule has 0 spiro atoms. The van der Waals surface area contributed by atoms with Gasteiger partial charge in [0.1, 0.15) is 4.99 Å². The molecule has 2 nitrogen and oxygen atoms in total. The third-order valence-corrected chi connectivity index (χ3v) is 3.19. The van der Waals surface area contributed by atoms with Crippen LogP contribution in [0.4, 0.5) is 11.4 Å². The van der Waals surface area contributed by atoms with E-state index in [4.69, 9.17) is 18.0 Å². The van der Waals surface area contributed by atoms with E-state index in [2.05, 4.69) is 40.3 Å². The van der Waals surface area contributed by atoms with Crippen molar-refractivity contribution in [3.8, 4) is 0 Å². The molecule has 0 atom stereocenters. The predicted molar refractivity (Wildman–Crippen MR) is 84.5 cm³/mol. The summed E-state index contributed by atoms with van der Waals surface area (Å²) in [6.45, 7) is 2.05. The first-order chi connectivity index (χ1) is 8.56. The number of hydrogen-bond acceptors (Lipinski definition) is 2. The second kappa shape index (κ2) is 5.50. The quantitative estimate of drug-likeness (QED) is 0.835. The number of halogens is 1. The van der Waals surface area contributed by atoms with Crippen LogP contribution in [-0.2, 0) is 0 Å². The molecule has 2 aromatic carbocycles. The van der Waals surface area contributed by atoms with Crippen LogP contribution in [0.2, 0.25) is 0 Å². The summed E-state index contributed by atoms with van der Waals surface area (Å²) < 4.78 is 1.04. The molecule has 0 aliphatic carbocycles. The third kappa shape index (κ3) is 3.09. The van der Waals surface area contributed by atoms with Gasteiger partial charge in [0.15, 0.2) is 0 Å². The second-order valence-electron chi connectivity index (χ2n) is 4.05. The molecular formula is C14H13BrN2S. The van der Waals surface area contributed by atoms with Gasteiger partial charge in [-0.1, -0.05) is 40.3 Å². The van der Waals surface area contributed by atoms with E-state index in [1.54, 1.807) is 0 Å². The van der Waals surface area contributed by atoms with Crippen LogP contribution in [0.25, 0.3) is 0 Å². The molecule has 0 amide bonds. The molecule has 0 aliphatic heterocycles. The van der Waals surface area contributed by atoms with Crippen molar-refractivity contribution in [2.75, 3.05) is 5.32 Å². The van der Waals surface area contributed by atoms with Crippen LogP contribution >= 0.6 is 28.1 Å². The van der Waals surface area contributed by atoms with E-state index in [1.807, 2.05) is 30.3 Å². The Bertz CT molecular complexity index is 576. The van der Waals surface area contributed by atoms with E-state index >= 15 is 0 Å². The number of hydrogen-bond donors (Lipinski definition) is 2. The van der Waals surface area contributed by atoms with Gasteiger partial charge >= 0.3 is 0 Å². The van der Waals surface area contributed by atoms with Gasteiger partial charge in [-0.05, 0) is 42.8 Å². The minimum atomic E-state index is 0.393. The first-order valence-electron chi connectivity index (χ1n) is 5.49. The number of rotatable bonds is 3. The Morgan fingerprint density at radius 3 is 2.61 bits per heavy atom. The summed E-state index contributed by atoms with van der Waals surface area (Å²) in [6.07, 6.45) is 0. The van der Waals surface area contributed by atoms with Crippen LogP contribution in [0.3, 0.4) is 0 Å². The summed E-state index contributed by atoms with van der Waals surface area (Å²) in [4.78, 5) is 0.393. The topological polar surface area (TPSA) is 38.0 Å². The Labute approximate surface area is 120 Å². The number of thiocarbonyl (C=S) groups is 1. The Kier molecular flexibility index (Phi) is 3.99. The molecule has 92 valence electrons. The normalized spacial score (nSPS) is 10.1. The molecule has 3 N–H and O–H groups in total. The molecule has 2 rings (SSSR count). The summed E-state index contributed by atoms with van der Waals surface area (Å²) in [5.41, 5.74) is 9.67. The van der Waals surface area contributed by atoms with Crippen LogP contribution in [0.15, 0.2) is 46.9 Å². The summed E-state index contributed by atoms with van der Waals surface area (Å²) in [6, 6.07) is 13.9. The van der Waals surface area contributed by atoms with E-state index in [0.29, 0.717) is 4.99 Å². The van der Waals surface area contributed by atoms with Gasteiger partial charge in [0.25, 0.3) is 0 Å². The van der Waals surface area contributed by atoms with Gasteiger partial charge in [-0.15, -0.1) is 0 Å². The monoisotopic (exact) mass is 320 g/mol. The van der Waals surface area contributed by atoms with E-state index in [0.717, 1.165) is 21.4 Å². The summed E-state index contributed by atoms with van der Waals surface area (Å²) in [7, 11) is 0. The van der Waals surface area contributed by atoms with Gasteiger partial charge in [0.2, 0.25) is 0 Å². The Hall–Kier alpha value is -1.39. The maximum atomic E-state index is 5.71. The second-order valence-corrected chi connectivity index (χ2v) is 5.41. The highest BCUT2D eigenvalue weighted by Gasteiger charge is 2.05. The lowest BCUT2D eigenvalue weighted by atomic mass is 10.1. The predicted octanol–water partition coefficient (Wildman–Crippen LogP) is 4.14. The fourth-order valence-corrected chi connectivity index (χ4v) is 2.56. The van der Waals surface area contributed by atoms with Crippen molar-refractivity contribution in [1.82, 2.24) is 0 Å². The average Bonchev–Trinajstić information content (AvgIpc) is 2.27. The molecule has 0 aromatic heterocycles. The van der Waals surface area contributed by atoms with Gasteiger partial charge in [-0.2, -0.15) is 0 Å². The molecule has 0 fully saturated rings. The number of nitrogens with two attached hydrogens (primary N) is 1. The van der Waals surface area contributed by atoms with Crippen molar-refractivity contribution in [1.29, 1.82) is 0 Å². The maximum Gasteiger partial charge on any atom is 0.106 e. The third-order valence-electron chi connectivity index (χ3n) is 2.51. The SMILES string of the molecule is Cc1cc(Br)cc(Nc2ccccc2C(N)=S)c1. The van der Waals surface area contributed by atoms with Crippen molar-refractivity contribution in [2.24, 2.45) is 5.73 Å². The average molecular weight is 321 g/mol. The van der Waals surface area contributed by atoms with E-state index < -0.39 is 0 Å². The van der Waals surface area contributed by atoms with E-state index in [1.165, 1.54) is 5.56 Å². The lowest BCUT2D eigenvalue weighted by Gasteiger charge is -2.12. The van der Waals surface area contributed by atoms with Crippen LogP contribution in [0.5, 0.6) is 0 Å². The molecule has 0 bridgehead atoms. The Morgan fingerprint density at radius 1 is 1.22 bits per heavy atom. The van der Waals surface area contributed by atoms with Crippen molar-refractivity contribution >= 4 is 44.5 Å². The van der Waals surface area contributed by atoms with Crippen molar-refractivity contribution in [3.63, 3.8) is 0 Å². The van der Waals surface area contributed by atoms with Gasteiger partial charge < -0.3 is 11.1 Å². The lowest BCUT2D eigenvalue weighted by molar-refractivity contribution is 1.43. The smallest absolute Gasteiger partial charge is 0.106 e. The number of para-hydroxylation sites is 1. The summed E-state index contributed by atoms with van der Waals surface area (Å²) in [5.74, 6) is 0. The molecule has 0 heterocycles. The lowest BCUT2D eigenvalue weighted by Crippen LogP contribution is -2.11. The largest absolute Gasteiger partial charge is 0.389 e. The van der Waals surface area contributed by atoms with Crippen LogP contribution in [0, 0.1) is 6.92 Å². The number of benzene rings is 2. The highest BCUT2D eigenvalue weighted by atomic mass is 79.9. The van der Waals surface area contributed by atoms with Gasteiger partial charge in [0, 0.05) is 21.4 Å². The standard InChI is InChI=1S/C14H13BrN2S/c1-9-6-10(15)8-11(7-9)17-13-5-3-2-4-12(13)14(16)18/h2-8,17H,1H3,(H2,16,18). The first kappa shape index (κ1) is 13.1. The highest BCUT2D eigenvalue weighted by Crippen LogP contribution is 2.24. The maximum absolute atomic E-state index is 5.71. The minimum absolute atomic E-state index is 0.393. The van der Waals surface area contributed by atoms with Crippen molar-refractivity contribution in [2.45, 2.75) is 6.92 Å². The summed E-state index contributed by atoms with van der Waals surface area (Å²) >= 11 is 8.53. The molecule has 4 heteroatoms. The molecule has 0 saturated heterocycles. The van der Waals surface area contributed by atoms with E-state index in [-0.39, 0.29) is 0 Å².